The van der Waals surface area contributed by atoms with E-state index in [9.17, 15) is 4.79 Å². The molecule has 0 aliphatic carbocycles. The maximum Gasteiger partial charge on any atom is 0.243 e. The van der Waals surface area contributed by atoms with Crippen LogP contribution < -0.4 is 10.2 Å². The highest BCUT2D eigenvalue weighted by atomic mass is 16.2. The molecule has 3 heteroatoms. The molecule has 1 amide bonds. The SMILES string of the molecule is Cc1cc(C)cc(NC(=O)CN(C)c2ccccc2)c1. The van der Waals surface area contributed by atoms with Crippen LogP contribution in [0.5, 0.6) is 0 Å². The summed E-state index contributed by atoms with van der Waals surface area (Å²) in [5.74, 6) is -0.0126. The van der Waals surface area contributed by atoms with Gasteiger partial charge in [-0.3, -0.25) is 4.79 Å². The number of nitrogens with one attached hydrogen (secondary N) is 1. The molecule has 2 rings (SSSR count). The zero-order valence-electron chi connectivity index (χ0n) is 12.2. The van der Waals surface area contributed by atoms with Crippen LogP contribution in [0.3, 0.4) is 0 Å². The summed E-state index contributed by atoms with van der Waals surface area (Å²) in [6.07, 6.45) is 0. The predicted octanol–water partition coefficient (Wildman–Crippen LogP) is 3.38. The van der Waals surface area contributed by atoms with Crippen LogP contribution in [0.15, 0.2) is 48.5 Å². The Morgan fingerprint density at radius 2 is 1.65 bits per heavy atom. The molecular weight excluding hydrogens is 248 g/mol. The predicted molar refractivity (Wildman–Crippen MR) is 84.3 cm³/mol. The van der Waals surface area contributed by atoms with Crippen molar-refractivity contribution in [2.75, 3.05) is 23.8 Å². The third kappa shape index (κ3) is 3.85. The number of anilines is 2. The zero-order valence-corrected chi connectivity index (χ0v) is 12.2. The van der Waals surface area contributed by atoms with Gasteiger partial charge in [0, 0.05) is 18.4 Å². The molecule has 0 unspecified atom stereocenters. The summed E-state index contributed by atoms with van der Waals surface area (Å²) < 4.78 is 0. The molecule has 0 aliphatic rings. The number of carbonyl (C=O) groups excluding carboxylic acids is 1. The first-order valence-electron chi connectivity index (χ1n) is 6.69. The van der Waals surface area contributed by atoms with E-state index in [2.05, 4.69) is 11.4 Å². The molecule has 2 aromatic rings. The van der Waals surface area contributed by atoms with Crippen LogP contribution >= 0.6 is 0 Å². The Kier molecular flexibility index (Phi) is 4.41. The Hall–Kier alpha value is -2.29. The average Bonchev–Trinajstić information content (AvgIpc) is 2.38. The summed E-state index contributed by atoms with van der Waals surface area (Å²) >= 11 is 0. The largest absolute Gasteiger partial charge is 0.365 e. The molecule has 0 aliphatic heterocycles. The van der Waals surface area contributed by atoms with Crippen molar-refractivity contribution in [1.82, 2.24) is 0 Å². The van der Waals surface area contributed by atoms with E-state index in [1.165, 1.54) is 0 Å². The molecule has 0 spiro atoms. The third-order valence-electron chi connectivity index (χ3n) is 3.08. The number of para-hydroxylation sites is 1. The molecule has 1 N–H and O–H groups in total. The van der Waals surface area contributed by atoms with E-state index in [0.717, 1.165) is 22.5 Å². The minimum absolute atomic E-state index is 0.0126. The van der Waals surface area contributed by atoms with E-state index in [-0.39, 0.29) is 5.91 Å². The van der Waals surface area contributed by atoms with E-state index in [4.69, 9.17) is 0 Å². The van der Waals surface area contributed by atoms with Gasteiger partial charge in [-0.05, 0) is 49.2 Å². The molecule has 0 radical (unpaired) electrons. The van der Waals surface area contributed by atoms with Crippen molar-refractivity contribution in [1.29, 1.82) is 0 Å². The second-order valence-corrected chi connectivity index (χ2v) is 5.12. The van der Waals surface area contributed by atoms with Crippen LogP contribution in [0.25, 0.3) is 0 Å². The van der Waals surface area contributed by atoms with Crippen LogP contribution in [0, 0.1) is 13.8 Å². The highest BCUT2D eigenvalue weighted by Gasteiger charge is 2.07. The number of aryl methyl sites for hydroxylation is 2. The summed E-state index contributed by atoms with van der Waals surface area (Å²) in [6.45, 7) is 4.38. The summed E-state index contributed by atoms with van der Waals surface area (Å²) in [4.78, 5) is 14.0. The lowest BCUT2D eigenvalue weighted by molar-refractivity contribution is -0.114. The minimum atomic E-state index is -0.0126. The van der Waals surface area contributed by atoms with Crippen LogP contribution in [0.1, 0.15) is 11.1 Å². The standard InChI is InChI=1S/C17H20N2O/c1-13-9-14(2)11-15(10-13)18-17(20)12-19(3)16-7-5-4-6-8-16/h4-11H,12H2,1-3H3,(H,18,20). The zero-order chi connectivity index (χ0) is 14.5. The Morgan fingerprint density at radius 3 is 2.25 bits per heavy atom. The number of likely N-dealkylation sites (N-methyl/N-ethyl adjacent to an activating group) is 1. The molecule has 2 aromatic carbocycles. The number of hydrogen-bond acceptors (Lipinski definition) is 2. The van der Waals surface area contributed by atoms with Crippen molar-refractivity contribution >= 4 is 17.3 Å². The molecule has 20 heavy (non-hydrogen) atoms. The lowest BCUT2D eigenvalue weighted by Gasteiger charge is -2.18. The number of rotatable bonds is 4. The fourth-order valence-corrected chi connectivity index (χ4v) is 2.24. The molecule has 0 bridgehead atoms. The van der Waals surface area contributed by atoms with E-state index < -0.39 is 0 Å². The first kappa shape index (κ1) is 14.1. The number of amides is 1. The molecule has 0 saturated carbocycles. The fraction of sp³-hybridized carbons (Fsp3) is 0.235. The quantitative estimate of drug-likeness (QED) is 0.922. The van der Waals surface area contributed by atoms with Gasteiger partial charge in [0.25, 0.3) is 0 Å². The molecule has 0 aromatic heterocycles. The molecule has 0 fully saturated rings. The van der Waals surface area contributed by atoms with E-state index >= 15 is 0 Å². The number of nitrogens with zero attached hydrogens (tertiary/aromatic N) is 1. The van der Waals surface area contributed by atoms with Crippen molar-refractivity contribution in [2.45, 2.75) is 13.8 Å². The van der Waals surface area contributed by atoms with Gasteiger partial charge in [-0.2, -0.15) is 0 Å². The number of carbonyl (C=O) groups is 1. The van der Waals surface area contributed by atoms with Gasteiger partial charge in [-0.15, -0.1) is 0 Å². The second kappa shape index (κ2) is 6.24. The lowest BCUT2D eigenvalue weighted by atomic mass is 10.1. The van der Waals surface area contributed by atoms with Crippen LogP contribution in [-0.2, 0) is 4.79 Å². The molecule has 104 valence electrons. The van der Waals surface area contributed by atoms with Gasteiger partial charge < -0.3 is 10.2 Å². The Labute approximate surface area is 120 Å². The highest BCUT2D eigenvalue weighted by molar-refractivity contribution is 5.94. The Morgan fingerprint density at radius 1 is 1.05 bits per heavy atom. The monoisotopic (exact) mass is 268 g/mol. The fourth-order valence-electron chi connectivity index (χ4n) is 2.24. The Balaban J connectivity index is 1.99. The lowest BCUT2D eigenvalue weighted by Crippen LogP contribution is -2.30. The molecule has 3 nitrogen and oxygen atoms in total. The third-order valence-corrected chi connectivity index (χ3v) is 3.08. The molecular formula is C17H20N2O. The summed E-state index contributed by atoms with van der Waals surface area (Å²) in [5, 5.41) is 2.94. The van der Waals surface area contributed by atoms with E-state index in [1.54, 1.807) is 0 Å². The summed E-state index contributed by atoms with van der Waals surface area (Å²) in [7, 11) is 1.91. The number of hydrogen-bond donors (Lipinski definition) is 1. The second-order valence-electron chi connectivity index (χ2n) is 5.12. The van der Waals surface area contributed by atoms with Gasteiger partial charge in [0.1, 0.15) is 0 Å². The van der Waals surface area contributed by atoms with Crippen molar-refractivity contribution in [3.63, 3.8) is 0 Å². The van der Waals surface area contributed by atoms with E-state index in [0.29, 0.717) is 6.54 Å². The normalized spacial score (nSPS) is 10.2. The molecule has 0 saturated heterocycles. The van der Waals surface area contributed by atoms with Crippen molar-refractivity contribution in [3.05, 3.63) is 59.7 Å². The van der Waals surface area contributed by atoms with Crippen molar-refractivity contribution < 1.29 is 4.79 Å². The first-order valence-corrected chi connectivity index (χ1v) is 6.69. The topological polar surface area (TPSA) is 32.3 Å². The minimum Gasteiger partial charge on any atom is -0.365 e. The van der Waals surface area contributed by atoms with Crippen molar-refractivity contribution in [3.8, 4) is 0 Å². The van der Waals surface area contributed by atoms with Gasteiger partial charge in [-0.25, -0.2) is 0 Å². The maximum absolute atomic E-state index is 12.1. The van der Waals surface area contributed by atoms with Crippen LogP contribution in [-0.4, -0.2) is 19.5 Å². The van der Waals surface area contributed by atoms with Gasteiger partial charge in [0.2, 0.25) is 5.91 Å². The van der Waals surface area contributed by atoms with Gasteiger partial charge in [0.15, 0.2) is 0 Å². The molecule has 0 atom stereocenters. The molecule has 0 heterocycles. The average molecular weight is 268 g/mol. The first-order chi connectivity index (χ1) is 9.54. The summed E-state index contributed by atoms with van der Waals surface area (Å²) in [5.41, 5.74) is 4.19. The van der Waals surface area contributed by atoms with Crippen LogP contribution in [0.2, 0.25) is 0 Å². The summed E-state index contributed by atoms with van der Waals surface area (Å²) in [6, 6.07) is 15.9. The van der Waals surface area contributed by atoms with Gasteiger partial charge >= 0.3 is 0 Å². The smallest absolute Gasteiger partial charge is 0.243 e. The number of benzene rings is 2. The van der Waals surface area contributed by atoms with Crippen LogP contribution in [0.4, 0.5) is 11.4 Å². The maximum atomic E-state index is 12.1. The van der Waals surface area contributed by atoms with Crippen molar-refractivity contribution in [2.24, 2.45) is 0 Å². The van der Waals surface area contributed by atoms with Gasteiger partial charge in [0.05, 0.1) is 6.54 Å². The highest BCUT2D eigenvalue weighted by Crippen LogP contribution is 2.14. The Bertz CT molecular complexity index is 573. The van der Waals surface area contributed by atoms with E-state index in [1.807, 2.05) is 68.3 Å². The van der Waals surface area contributed by atoms with Gasteiger partial charge in [-0.1, -0.05) is 24.3 Å².